The van der Waals surface area contributed by atoms with Gasteiger partial charge in [0.15, 0.2) is 0 Å². The van der Waals surface area contributed by atoms with Crippen LogP contribution in [0.15, 0.2) is 5.11 Å². The van der Waals surface area contributed by atoms with Crippen LogP contribution in [-0.2, 0) is 0 Å². The van der Waals surface area contributed by atoms with E-state index in [-0.39, 0.29) is 6.92 Å². The Bertz CT molecular complexity index is 182. The zero-order valence-corrected chi connectivity index (χ0v) is 5.72. The average Bonchev–Trinajstić information content (AvgIpc) is 1.85. The molecule has 0 amide bonds. The Kier molecular flexibility index (Phi) is 2.42. The number of nitrogens with one attached hydrogen (secondary N) is 1. The van der Waals surface area contributed by atoms with Crippen molar-refractivity contribution in [1.82, 2.24) is 0 Å². The van der Waals surface area contributed by atoms with Crippen LogP contribution in [0.3, 0.4) is 0 Å². The van der Waals surface area contributed by atoms with Gasteiger partial charge in [0.25, 0.3) is 0 Å². The maximum absolute atomic E-state index is 12.0. The number of rotatable bonds is 3. The summed E-state index contributed by atoms with van der Waals surface area (Å²) in [7, 11) is 0. The summed E-state index contributed by atoms with van der Waals surface area (Å²) in [5, 5.41) is 1.15. The van der Waals surface area contributed by atoms with E-state index in [0.29, 0.717) is 0 Å². The Morgan fingerprint density at radius 1 is 1.00 bits per heavy atom. The van der Waals surface area contributed by atoms with Crippen molar-refractivity contribution in [2.45, 2.75) is 24.8 Å². The second-order valence-corrected chi connectivity index (χ2v) is 2.12. The minimum atomic E-state index is -5.64. The SMILES string of the molecule is CC(F)(F)C(F)(F)C(F)(F)N=N. The van der Waals surface area contributed by atoms with Crippen LogP contribution < -0.4 is 0 Å². The molecule has 0 radical (unpaired) electrons. The summed E-state index contributed by atoms with van der Waals surface area (Å²) < 4.78 is 71.3. The van der Waals surface area contributed by atoms with E-state index >= 15 is 0 Å². The third-order valence-electron chi connectivity index (χ3n) is 1.07. The van der Waals surface area contributed by atoms with Crippen LogP contribution in [-0.4, -0.2) is 17.9 Å². The van der Waals surface area contributed by atoms with Gasteiger partial charge in [0.1, 0.15) is 0 Å². The van der Waals surface area contributed by atoms with Gasteiger partial charge >= 0.3 is 17.9 Å². The molecule has 1 N–H and O–H groups in total. The van der Waals surface area contributed by atoms with Crippen LogP contribution in [0, 0.1) is 5.53 Å². The van der Waals surface area contributed by atoms with Crippen LogP contribution in [0.2, 0.25) is 0 Å². The monoisotopic (exact) mass is 194 g/mol. The van der Waals surface area contributed by atoms with E-state index in [0.717, 1.165) is 5.11 Å². The second-order valence-electron chi connectivity index (χ2n) is 2.12. The van der Waals surface area contributed by atoms with Crippen molar-refractivity contribution in [3.8, 4) is 0 Å². The van der Waals surface area contributed by atoms with Crippen molar-refractivity contribution in [3.05, 3.63) is 0 Å². The van der Waals surface area contributed by atoms with E-state index in [9.17, 15) is 26.3 Å². The average molecular weight is 194 g/mol. The molecule has 0 bridgehead atoms. The highest BCUT2D eigenvalue weighted by molar-refractivity contribution is 4.91. The van der Waals surface area contributed by atoms with E-state index in [1.54, 1.807) is 0 Å². The van der Waals surface area contributed by atoms with Gasteiger partial charge in [0.05, 0.1) is 0 Å². The molecule has 0 saturated carbocycles. The van der Waals surface area contributed by atoms with Crippen molar-refractivity contribution < 1.29 is 26.3 Å². The Balaban J connectivity index is 4.97. The fourth-order valence-electron chi connectivity index (χ4n) is 0.334. The zero-order valence-electron chi connectivity index (χ0n) is 5.72. The lowest BCUT2D eigenvalue weighted by molar-refractivity contribution is -0.302. The molecule has 0 aliphatic rings. The van der Waals surface area contributed by atoms with Gasteiger partial charge < -0.3 is 0 Å². The summed E-state index contributed by atoms with van der Waals surface area (Å²) in [4.78, 5) is 0. The largest absolute Gasteiger partial charge is 0.427 e. The third kappa shape index (κ3) is 1.51. The third-order valence-corrected chi connectivity index (χ3v) is 1.07. The first-order valence-corrected chi connectivity index (χ1v) is 2.58. The first-order chi connectivity index (χ1) is 5.06. The predicted octanol–water partition coefficient (Wildman–Crippen LogP) is 2.90. The highest BCUT2D eigenvalue weighted by atomic mass is 19.3. The lowest BCUT2D eigenvalue weighted by Gasteiger charge is -2.26. The van der Waals surface area contributed by atoms with Gasteiger partial charge in [-0.3, -0.25) is 0 Å². The molecule has 0 unspecified atom stereocenters. The molecular formula is C4H4F6N2. The lowest BCUT2D eigenvalue weighted by atomic mass is 10.1. The molecule has 0 atom stereocenters. The first-order valence-electron chi connectivity index (χ1n) is 2.58. The van der Waals surface area contributed by atoms with Crippen molar-refractivity contribution in [2.24, 2.45) is 5.11 Å². The quantitative estimate of drug-likeness (QED) is 0.407. The molecule has 0 rings (SSSR count). The van der Waals surface area contributed by atoms with Gasteiger partial charge in [-0.05, 0) is 0 Å². The highest BCUT2D eigenvalue weighted by Gasteiger charge is 2.70. The molecule has 0 aliphatic carbocycles. The van der Waals surface area contributed by atoms with E-state index in [4.69, 9.17) is 5.53 Å². The van der Waals surface area contributed by atoms with Crippen LogP contribution in [0.4, 0.5) is 26.3 Å². The smallest absolute Gasteiger partial charge is 0.204 e. The Labute approximate surface area is 63.1 Å². The van der Waals surface area contributed by atoms with Crippen molar-refractivity contribution >= 4 is 0 Å². The Morgan fingerprint density at radius 3 is 1.42 bits per heavy atom. The van der Waals surface area contributed by atoms with E-state index in [2.05, 4.69) is 0 Å². The second kappa shape index (κ2) is 2.60. The molecular weight excluding hydrogens is 190 g/mol. The molecule has 2 nitrogen and oxygen atoms in total. The number of hydrogen-bond donors (Lipinski definition) is 1. The molecule has 72 valence electrons. The summed E-state index contributed by atoms with van der Waals surface area (Å²) in [5.74, 6) is -10.6. The van der Waals surface area contributed by atoms with Crippen LogP contribution in [0.25, 0.3) is 0 Å². The summed E-state index contributed by atoms with van der Waals surface area (Å²) in [6.45, 7) is -0.369. The van der Waals surface area contributed by atoms with Gasteiger partial charge in [-0.1, -0.05) is 0 Å². The number of hydrogen-bond acceptors (Lipinski definition) is 2. The molecule has 0 saturated heterocycles. The molecule has 0 aromatic rings. The van der Waals surface area contributed by atoms with Gasteiger partial charge in [-0.15, -0.1) is 5.11 Å². The molecule has 0 spiro atoms. The Morgan fingerprint density at radius 2 is 1.33 bits per heavy atom. The Hall–Kier alpha value is -0.820. The minimum Gasteiger partial charge on any atom is -0.204 e. The predicted molar refractivity (Wildman–Crippen MR) is 25.7 cm³/mol. The molecule has 0 aliphatic heterocycles. The highest BCUT2D eigenvalue weighted by Crippen LogP contribution is 2.45. The fraction of sp³-hybridized carbons (Fsp3) is 1.00. The normalized spacial score (nSPS) is 14.6. The topological polar surface area (TPSA) is 36.2 Å². The van der Waals surface area contributed by atoms with Crippen molar-refractivity contribution in [1.29, 1.82) is 5.53 Å². The van der Waals surface area contributed by atoms with Gasteiger partial charge in [-0.2, -0.15) is 26.3 Å². The van der Waals surface area contributed by atoms with Gasteiger partial charge in [0.2, 0.25) is 0 Å². The first kappa shape index (κ1) is 11.2. The van der Waals surface area contributed by atoms with Crippen molar-refractivity contribution in [2.75, 3.05) is 0 Å². The molecule has 0 aromatic heterocycles. The van der Waals surface area contributed by atoms with Crippen LogP contribution in [0.5, 0.6) is 0 Å². The zero-order chi connectivity index (χ0) is 10.2. The maximum atomic E-state index is 12.0. The summed E-state index contributed by atoms with van der Waals surface area (Å²) >= 11 is 0. The van der Waals surface area contributed by atoms with E-state index in [1.165, 1.54) is 0 Å². The minimum absolute atomic E-state index is 0.369. The lowest BCUT2D eigenvalue weighted by Crippen LogP contribution is -2.51. The van der Waals surface area contributed by atoms with E-state index < -0.39 is 17.9 Å². The maximum Gasteiger partial charge on any atom is 0.427 e. The molecule has 8 heteroatoms. The summed E-state index contributed by atoms with van der Waals surface area (Å²) in [6, 6.07) is -5.37. The van der Waals surface area contributed by atoms with Crippen LogP contribution >= 0.6 is 0 Å². The molecule has 0 heterocycles. The summed E-state index contributed by atoms with van der Waals surface area (Å²) in [6.07, 6.45) is 0. The van der Waals surface area contributed by atoms with Crippen LogP contribution in [0.1, 0.15) is 6.92 Å². The van der Waals surface area contributed by atoms with Gasteiger partial charge in [0, 0.05) is 6.92 Å². The molecule has 0 fully saturated rings. The fourth-order valence-corrected chi connectivity index (χ4v) is 0.334. The molecule has 12 heavy (non-hydrogen) atoms. The number of alkyl halides is 6. The van der Waals surface area contributed by atoms with Crippen molar-refractivity contribution in [3.63, 3.8) is 0 Å². The number of nitrogens with zero attached hydrogens (tertiary/aromatic N) is 1. The van der Waals surface area contributed by atoms with E-state index in [1.807, 2.05) is 0 Å². The number of halogens is 6. The molecule has 0 aromatic carbocycles. The summed E-state index contributed by atoms with van der Waals surface area (Å²) in [5.41, 5.74) is 5.60. The van der Waals surface area contributed by atoms with Gasteiger partial charge in [-0.25, -0.2) is 5.53 Å². The standard InChI is InChI=1S/C4H4F6N2/c1-2(5,6)3(7,8)4(9,10)12-11/h11H,1H3.